The zero-order valence-corrected chi connectivity index (χ0v) is 22.3. The van der Waals surface area contributed by atoms with E-state index < -0.39 is 0 Å². The van der Waals surface area contributed by atoms with Crippen LogP contribution in [0.4, 0.5) is 11.4 Å². The first-order valence-corrected chi connectivity index (χ1v) is 13.9. The lowest BCUT2D eigenvalue weighted by molar-refractivity contribution is -0.113. The summed E-state index contributed by atoms with van der Waals surface area (Å²) in [6.07, 6.45) is 0. The Morgan fingerprint density at radius 2 is 1.41 bits per heavy atom. The molecule has 0 aliphatic heterocycles. The Labute approximate surface area is 230 Å². The van der Waals surface area contributed by atoms with Gasteiger partial charge in [-0.1, -0.05) is 48.5 Å². The molecule has 0 saturated carbocycles. The van der Waals surface area contributed by atoms with Crippen LogP contribution in [-0.4, -0.2) is 22.1 Å². The first kappa shape index (κ1) is 24.8. The highest BCUT2D eigenvalue weighted by Gasteiger charge is 2.12. The number of hydrogen-bond acceptors (Lipinski definition) is 3. The minimum absolute atomic E-state index is 0.0627. The highest BCUT2D eigenvalue weighted by atomic mass is 32.2. The van der Waals surface area contributed by atoms with Crippen LogP contribution in [-0.2, 0) is 11.3 Å². The normalized spacial score (nSPS) is 11.2. The topological polar surface area (TPSA) is 63.1 Å². The van der Waals surface area contributed by atoms with Crippen LogP contribution in [0.5, 0.6) is 0 Å². The summed E-state index contributed by atoms with van der Waals surface area (Å²) in [6, 6.07) is 35.7. The van der Waals surface area contributed by atoms with Crippen LogP contribution in [0.1, 0.15) is 17.3 Å². The number of aryl methyl sites for hydroxylation is 1. The number of aromatic nitrogens is 1. The van der Waals surface area contributed by atoms with Gasteiger partial charge < -0.3 is 15.2 Å². The average molecular weight is 530 g/mol. The highest BCUT2D eigenvalue weighted by molar-refractivity contribution is 8.00. The van der Waals surface area contributed by atoms with Gasteiger partial charge >= 0.3 is 0 Å². The lowest BCUT2D eigenvalue weighted by atomic mass is 10.1. The van der Waals surface area contributed by atoms with Crippen molar-refractivity contribution in [2.45, 2.75) is 18.4 Å². The van der Waals surface area contributed by atoms with Crippen molar-refractivity contribution in [3.8, 4) is 0 Å². The molecule has 6 aromatic rings. The Kier molecular flexibility index (Phi) is 6.78. The van der Waals surface area contributed by atoms with Gasteiger partial charge in [0.25, 0.3) is 5.91 Å². The third-order valence-electron chi connectivity index (χ3n) is 6.87. The summed E-state index contributed by atoms with van der Waals surface area (Å²) in [5, 5.41) is 10.4. The molecule has 5 aromatic carbocycles. The molecule has 0 spiro atoms. The Bertz CT molecular complexity index is 1840. The number of rotatable bonds is 7. The van der Waals surface area contributed by atoms with Crippen LogP contribution in [0.3, 0.4) is 0 Å². The zero-order valence-electron chi connectivity index (χ0n) is 21.5. The van der Waals surface area contributed by atoms with Crippen molar-refractivity contribution in [3.63, 3.8) is 0 Å². The van der Waals surface area contributed by atoms with Gasteiger partial charge in [0.2, 0.25) is 5.91 Å². The van der Waals surface area contributed by atoms with E-state index in [0.29, 0.717) is 11.3 Å². The number of benzene rings is 5. The maximum absolute atomic E-state index is 12.7. The van der Waals surface area contributed by atoms with E-state index in [1.807, 2.05) is 78.9 Å². The number of para-hydroxylation sites is 1. The minimum Gasteiger partial charge on any atom is -0.341 e. The van der Waals surface area contributed by atoms with Crippen LogP contribution >= 0.6 is 11.8 Å². The summed E-state index contributed by atoms with van der Waals surface area (Å²) in [5.41, 5.74) is 4.48. The van der Waals surface area contributed by atoms with Crippen molar-refractivity contribution in [2.24, 2.45) is 0 Å². The molecular weight excluding hydrogens is 502 g/mol. The van der Waals surface area contributed by atoms with E-state index in [4.69, 9.17) is 0 Å². The molecule has 2 N–H and O–H groups in total. The first-order valence-electron chi connectivity index (χ1n) is 12.9. The van der Waals surface area contributed by atoms with E-state index in [-0.39, 0.29) is 17.6 Å². The summed E-state index contributed by atoms with van der Waals surface area (Å²) < 4.78 is 2.29. The number of hydrogen-bond donors (Lipinski definition) is 2. The van der Waals surface area contributed by atoms with E-state index in [1.165, 1.54) is 28.2 Å². The lowest BCUT2D eigenvalue weighted by Crippen LogP contribution is -2.14. The number of carbonyl (C=O) groups is 2. The molecule has 0 aliphatic carbocycles. The van der Waals surface area contributed by atoms with E-state index in [1.54, 1.807) is 0 Å². The molecule has 192 valence electrons. The first-order chi connectivity index (χ1) is 19.1. The monoisotopic (exact) mass is 529 g/mol. The smallest absolute Gasteiger partial charge is 0.255 e. The summed E-state index contributed by atoms with van der Waals surface area (Å²) in [4.78, 5) is 26.4. The molecule has 0 saturated heterocycles. The number of nitrogens with one attached hydrogen (secondary N) is 2. The second-order valence-electron chi connectivity index (χ2n) is 9.37. The van der Waals surface area contributed by atoms with Gasteiger partial charge in [0, 0.05) is 50.2 Å². The number of carbonyl (C=O) groups excluding carboxylic acids is 2. The fourth-order valence-corrected chi connectivity index (χ4v) is 5.68. The van der Waals surface area contributed by atoms with Gasteiger partial charge in [-0.15, -0.1) is 11.8 Å². The van der Waals surface area contributed by atoms with Crippen LogP contribution < -0.4 is 10.6 Å². The lowest BCUT2D eigenvalue weighted by Gasteiger charge is -2.08. The second-order valence-corrected chi connectivity index (χ2v) is 10.4. The maximum atomic E-state index is 12.7. The maximum Gasteiger partial charge on any atom is 0.255 e. The Balaban J connectivity index is 1.07. The van der Waals surface area contributed by atoms with E-state index in [0.717, 1.165) is 33.3 Å². The predicted molar refractivity (Wildman–Crippen MR) is 163 cm³/mol. The molecule has 39 heavy (non-hydrogen) atoms. The molecule has 1 aromatic heterocycles. The molecule has 6 rings (SSSR count). The summed E-state index contributed by atoms with van der Waals surface area (Å²) >= 11 is 1.46. The third kappa shape index (κ3) is 5.11. The molecule has 0 fully saturated rings. The molecule has 2 amide bonds. The van der Waals surface area contributed by atoms with Gasteiger partial charge in [-0.05, 0) is 78.4 Å². The Morgan fingerprint density at radius 1 is 0.692 bits per heavy atom. The molecule has 5 nitrogen and oxygen atoms in total. The average Bonchev–Trinajstić information content (AvgIpc) is 3.29. The number of amides is 2. The fourth-order valence-electron chi connectivity index (χ4n) is 4.99. The van der Waals surface area contributed by atoms with Crippen molar-refractivity contribution in [1.29, 1.82) is 0 Å². The van der Waals surface area contributed by atoms with Crippen LogP contribution in [0, 0.1) is 0 Å². The van der Waals surface area contributed by atoms with Gasteiger partial charge in [0.05, 0.1) is 5.75 Å². The standard InChI is InChI=1S/C33H27N3O2S/c1-2-36-30-10-6-5-9-28(30)29-20-26(15-18-31(29)36)34-32(37)21-39-27-16-13-25(14-17-27)35-33(38)24-12-11-22-7-3-4-8-23(22)19-24/h3-20H,2,21H2,1H3,(H,34,37)(H,35,38). The highest BCUT2D eigenvalue weighted by Crippen LogP contribution is 2.31. The molecule has 0 atom stereocenters. The molecule has 0 radical (unpaired) electrons. The van der Waals surface area contributed by atoms with Crippen LogP contribution in [0.2, 0.25) is 0 Å². The molecular formula is C33H27N3O2S. The largest absolute Gasteiger partial charge is 0.341 e. The van der Waals surface area contributed by atoms with Crippen molar-refractivity contribution in [3.05, 3.63) is 115 Å². The zero-order chi connectivity index (χ0) is 26.8. The van der Waals surface area contributed by atoms with Crippen LogP contribution in [0.25, 0.3) is 32.6 Å². The SMILES string of the molecule is CCn1c2ccccc2c2cc(NC(=O)CSc3ccc(NC(=O)c4ccc5ccccc5c4)cc3)ccc21. The van der Waals surface area contributed by atoms with Crippen molar-refractivity contribution in [2.75, 3.05) is 16.4 Å². The quantitative estimate of drug-likeness (QED) is 0.206. The summed E-state index contributed by atoms with van der Waals surface area (Å²) in [7, 11) is 0. The van der Waals surface area contributed by atoms with E-state index in [2.05, 4.69) is 52.5 Å². The third-order valence-corrected chi connectivity index (χ3v) is 7.88. The fraction of sp³-hybridized carbons (Fsp3) is 0.0909. The van der Waals surface area contributed by atoms with Gasteiger partial charge in [-0.25, -0.2) is 0 Å². The summed E-state index contributed by atoms with van der Waals surface area (Å²) in [5.74, 6) is 0.0733. The van der Waals surface area contributed by atoms with E-state index >= 15 is 0 Å². The van der Waals surface area contributed by atoms with Gasteiger partial charge in [0.15, 0.2) is 0 Å². The number of anilines is 2. The van der Waals surface area contributed by atoms with Gasteiger partial charge in [-0.3, -0.25) is 9.59 Å². The van der Waals surface area contributed by atoms with Crippen molar-refractivity contribution < 1.29 is 9.59 Å². The van der Waals surface area contributed by atoms with Crippen molar-refractivity contribution in [1.82, 2.24) is 4.57 Å². The number of nitrogens with zero attached hydrogens (tertiary/aromatic N) is 1. The van der Waals surface area contributed by atoms with Crippen molar-refractivity contribution >= 4 is 67.5 Å². The van der Waals surface area contributed by atoms with E-state index in [9.17, 15) is 9.59 Å². The van der Waals surface area contributed by atoms with Crippen LogP contribution in [0.15, 0.2) is 114 Å². The van der Waals surface area contributed by atoms with Gasteiger partial charge in [0.1, 0.15) is 0 Å². The second kappa shape index (κ2) is 10.7. The molecule has 1 heterocycles. The number of thioether (sulfide) groups is 1. The molecule has 0 bridgehead atoms. The predicted octanol–water partition coefficient (Wildman–Crippen LogP) is 7.95. The van der Waals surface area contributed by atoms with Gasteiger partial charge in [-0.2, -0.15) is 0 Å². The summed E-state index contributed by atoms with van der Waals surface area (Å²) in [6.45, 7) is 3.03. The number of fused-ring (bicyclic) bond motifs is 4. The minimum atomic E-state index is -0.153. The Hall–Kier alpha value is -4.55. The molecule has 6 heteroatoms. The molecule has 0 aliphatic rings. The molecule has 0 unspecified atom stereocenters. The Morgan fingerprint density at radius 3 is 2.23 bits per heavy atom.